The van der Waals surface area contributed by atoms with Crippen LogP contribution in [-0.4, -0.2) is 11.8 Å². The van der Waals surface area contributed by atoms with Crippen molar-refractivity contribution >= 4 is 23.2 Å². The van der Waals surface area contributed by atoms with Crippen molar-refractivity contribution in [3.05, 3.63) is 71.5 Å². The average Bonchev–Trinajstić information content (AvgIpc) is 2.50. The first-order valence-electron chi connectivity index (χ1n) is 6.58. The highest BCUT2D eigenvalue weighted by Gasteiger charge is 2.29. The quantitative estimate of drug-likeness (QED) is 0.653. The number of benzene rings is 2. The van der Waals surface area contributed by atoms with Gasteiger partial charge in [-0.3, -0.25) is 0 Å². The third kappa shape index (κ3) is 3.97. The van der Waals surface area contributed by atoms with Crippen molar-refractivity contribution in [1.82, 2.24) is 0 Å². The van der Waals surface area contributed by atoms with Gasteiger partial charge in [-0.25, -0.2) is 4.39 Å². The number of hydrogen-bond donors (Lipinski definition) is 0. The molecule has 0 amide bonds. The van der Waals surface area contributed by atoms with E-state index in [0.29, 0.717) is 11.8 Å². The Morgan fingerprint density at radius 3 is 1.75 bits per heavy atom. The highest BCUT2D eigenvalue weighted by Crippen LogP contribution is 2.31. The van der Waals surface area contributed by atoms with Gasteiger partial charge >= 0.3 is 0 Å². The van der Waals surface area contributed by atoms with E-state index in [2.05, 4.69) is 12.1 Å². The van der Waals surface area contributed by atoms with Crippen LogP contribution in [0.15, 0.2) is 54.6 Å². The van der Waals surface area contributed by atoms with Crippen LogP contribution in [0.25, 0.3) is 0 Å². The largest absolute Gasteiger partial charge is 0.207 e. The molecule has 0 nitrogen and oxygen atoms in total. The molecule has 0 radical (unpaired) electrons. The molecule has 0 fully saturated rings. The maximum absolute atomic E-state index is 13.0. The van der Waals surface area contributed by atoms with E-state index in [-0.39, 0.29) is 11.2 Å². The zero-order valence-electron chi connectivity index (χ0n) is 11.2. The molecule has 3 heteroatoms. The molecule has 0 saturated carbocycles. The fourth-order valence-electron chi connectivity index (χ4n) is 2.35. The second kappa shape index (κ2) is 7.10. The summed E-state index contributed by atoms with van der Waals surface area (Å²) in [5.41, 5.74) is 2.07. The van der Waals surface area contributed by atoms with Crippen LogP contribution in [-0.2, 0) is 12.8 Å². The topological polar surface area (TPSA) is 0 Å². The van der Waals surface area contributed by atoms with Gasteiger partial charge in [0.2, 0.25) is 0 Å². The molecule has 0 heterocycles. The van der Waals surface area contributed by atoms with Gasteiger partial charge in [-0.05, 0) is 36.1 Å². The molecular weight excluding hydrogens is 294 g/mol. The smallest absolute Gasteiger partial charge is 0.123 e. The molecule has 0 bridgehead atoms. The molecule has 0 aliphatic rings. The number of alkyl halides is 2. The molecule has 0 aliphatic carbocycles. The first-order valence-corrected chi connectivity index (χ1v) is 7.65. The highest BCUT2D eigenvalue weighted by atomic mass is 35.5. The molecular formula is C17H17Cl2F. The lowest BCUT2D eigenvalue weighted by atomic mass is 9.80. The van der Waals surface area contributed by atoms with Crippen LogP contribution in [0.5, 0.6) is 0 Å². The van der Waals surface area contributed by atoms with E-state index in [9.17, 15) is 4.39 Å². The van der Waals surface area contributed by atoms with Gasteiger partial charge in [-0.15, -0.1) is 23.2 Å². The zero-order chi connectivity index (χ0) is 14.4. The number of halogens is 3. The summed E-state index contributed by atoms with van der Waals surface area (Å²) in [7, 11) is 0. The van der Waals surface area contributed by atoms with Gasteiger partial charge in [0, 0.05) is 17.2 Å². The van der Waals surface area contributed by atoms with E-state index in [1.54, 1.807) is 12.1 Å². The maximum atomic E-state index is 13.0. The van der Waals surface area contributed by atoms with Crippen LogP contribution < -0.4 is 0 Å². The highest BCUT2D eigenvalue weighted by molar-refractivity contribution is 6.21. The lowest BCUT2D eigenvalue weighted by molar-refractivity contribution is 0.373. The van der Waals surface area contributed by atoms with Gasteiger partial charge in [-0.2, -0.15) is 0 Å². The molecule has 0 atom stereocenters. The Hall–Kier alpha value is -1.05. The van der Waals surface area contributed by atoms with E-state index < -0.39 is 0 Å². The minimum Gasteiger partial charge on any atom is -0.207 e. The predicted octanol–water partition coefficient (Wildman–Crippen LogP) is 5.07. The summed E-state index contributed by atoms with van der Waals surface area (Å²) >= 11 is 12.4. The lowest BCUT2D eigenvalue weighted by Gasteiger charge is -2.30. The van der Waals surface area contributed by atoms with Crippen LogP contribution >= 0.6 is 23.2 Å². The molecule has 2 aromatic rings. The van der Waals surface area contributed by atoms with Crippen LogP contribution in [0.4, 0.5) is 4.39 Å². The molecule has 2 rings (SSSR count). The molecule has 0 N–H and O–H groups in total. The van der Waals surface area contributed by atoms with Crippen LogP contribution in [0.1, 0.15) is 11.1 Å². The Morgan fingerprint density at radius 1 is 0.750 bits per heavy atom. The van der Waals surface area contributed by atoms with Crippen molar-refractivity contribution in [2.45, 2.75) is 12.8 Å². The molecule has 0 spiro atoms. The lowest BCUT2D eigenvalue weighted by Crippen LogP contribution is -2.30. The van der Waals surface area contributed by atoms with E-state index in [1.807, 2.05) is 18.2 Å². The van der Waals surface area contributed by atoms with E-state index in [0.717, 1.165) is 18.4 Å². The van der Waals surface area contributed by atoms with E-state index >= 15 is 0 Å². The van der Waals surface area contributed by atoms with Crippen molar-refractivity contribution in [2.75, 3.05) is 11.8 Å². The summed E-state index contributed by atoms with van der Waals surface area (Å²) in [6.07, 6.45) is 1.56. The summed E-state index contributed by atoms with van der Waals surface area (Å²) in [5.74, 6) is 0.727. The van der Waals surface area contributed by atoms with Crippen LogP contribution in [0, 0.1) is 11.2 Å². The minimum atomic E-state index is -0.223. The van der Waals surface area contributed by atoms with Crippen molar-refractivity contribution in [3.63, 3.8) is 0 Å². The Balaban J connectivity index is 2.18. The number of hydrogen-bond acceptors (Lipinski definition) is 0. The van der Waals surface area contributed by atoms with Crippen molar-refractivity contribution in [1.29, 1.82) is 0 Å². The second-order valence-electron chi connectivity index (χ2n) is 5.23. The fourth-order valence-corrected chi connectivity index (χ4v) is 3.02. The first kappa shape index (κ1) is 15.3. The summed E-state index contributed by atoms with van der Waals surface area (Å²) in [6, 6.07) is 16.7. The summed E-state index contributed by atoms with van der Waals surface area (Å²) in [4.78, 5) is 0. The van der Waals surface area contributed by atoms with Gasteiger partial charge in [0.1, 0.15) is 5.82 Å². The molecule has 20 heavy (non-hydrogen) atoms. The van der Waals surface area contributed by atoms with Crippen LogP contribution in [0.2, 0.25) is 0 Å². The fraction of sp³-hybridized carbons (Fsp3) is 0.294. The van der Waals surface area contributed by atoms with E-state index in [4.69, 9.17) is 23.2 Å². The van der Waals surface area contributed by atoms with Crippen molar-refractivity contribution < 1.29 is 4.39 Å². The zero-order valence-corrected chi connectivity index (χ0v) is 12.7. The monoisotopic (exact) mass is 310 g/mol. The predicted molar refractivity (Wildman–Crippen MR) is 84.1 cm³/mol. The van der Waals surface area contributed by atoms with Gasteiger partial charge in [0.25, 0.3) is 0 Å². The van der Waals surface area contributed by atoms with Gasteiger partial charge in [0.05, 0.1) is 0 Å². The molecule has 0 saturated heterocycles. The van der Waals surface area contributed by atoms with Crippen LogP contribution in [0.3, 0.4) is 0 Å². The summed E-state index contributed by atoms with van der Waals surface area (Å²) in [6.45, 7) is 0. The Labute approximate surface area is 129 Å². The van der Waals surface area contributed by atoms with E-state index in [1.165, 1.54) is 17.7 Å². The molecule has 0 aromatic heterocycles. The standard InChI is InChI=1S/C17H17Cl2F/c18-12-17(13-19,10-14-4-2-1-3-5-14)11-15-6-8-16(20)9-7-15/h1-9H,10-13H2. The van der Waals surface area contributed by atoms with Crippen molar-refractivity contribution in [3.8, 4) is 0 Å². The Morgan fingerprint density at radius 2 is 1.25 bits per heavy atom. The van der Waals surface area contributed by atoms with Crippen molar-refractivity contribution in [2.24, 2.45) is 5.41 Å². The first-order chi connectivity index (χ1) is 9.67. The SMILES string of the molecule is Fc1ccc(CC(CCl)(CCl)Cc2ccccc2)cc1. The number of rotatable bonds is 6. The average molecular weight is 311 g/mol. The molecule has 0 aliphatic heterocycles. The summed E-state index contributed by atoms with van der Waals surface area (Å²) < 4.78 is 13.0. The molecule has 106 valence electrons. The van der Waals surface area contributed by atoms with Gasteiger partial charge in [-0.1, -0.05) is 42.5 Å². The molecule has 2 aromatic carbocycles. The minimum absolute atomic E-state index is 0.206. The third-order valence-electron chi connectivity index (χ3n) is 3.48. The van der Waals surface area contributed by atoms with Gasteiger partial charge < -0.3 is 0 Å². The van der Waals surface area contributed by atoms with Gasteiger partial charge in [0.15, 0.2) is 0 Å². The summed E-state index contributed by atoms with van der Waals surface area (Å²) in [5, 5.41) is 0. The Kier molecular flexibility index (Phi) is 5.45. The third-order valence-corrected chi connectivity index (χ3v) is 4.62. The Bertz CT molecular complexity index is 518. The second-order valence-corrected chi connectivity index (χ2v) is 5.77. The normalized spacial score (nSPS) is 11.6. The molecule has 0 unspecified atom stereocenters. The maximum Gasteiger partial charge on any atom is 0.123 e.